The predicted molar refractivity (Wildman–Crippen MR) is 127 cm³/mol. The van der Waals surface area contributed by atoms with E-state index in [1.165, 1.54) is 6.08 Å². The number of aliphatic hydroxyl groups is 1. The van der Waals surface area contributed by atoms with Gasteiger partial charge in [0.05, 0.1) is 5.60 Å². The van der Waals surface area contributed by atoms with Gasteiger partial charge in [-0.2, -0.15) is 0 Å². The fourth-order valence-corrected chi connectivity index (χ4v) is 4.40. The molecule has 0 spiro atoms. The van der Waals surface area contributed by atoms with Gasteiger partial charge in [0, 0.05) is 11.3 Å². The van der Waals surface area contributed by atoms with E-state index in [9.17, 15) is 14.7 Å². The summed E-state index contributed by atoms with van der Waals surface area (Å²) in [6, 6.07) is 15.3. The second kappa shape index (κ2) is 7.77. The first-order valence-corrected chi connectivity index (χ1v) is 10.5. The van der Waals surface area contributed by atoms with Gasteiger partial charge in [0.15, 0.2) is 0 Å². The number of anilines is 1. The normalized spacial score (nSPS) is 12.1. The quantitative estimate of drug-likeness (QED) is 0.405. The van der Waals surface area contributed by atoms with Crippen LogP contribution in [-0.4, -0.2) is 16.9 Å². The molecule has 4 rings (SSSR count). The Morgan fingerprint density at radius 1 is 1.09 bits per heavy atom. The highest BCUT2D eigenvalue weighted by Crippen LogP contribution is 2.46. The van der Waals surface area contributed by atoms with E-state index < -0.39 is 11.5 Å². The Balaban J connectivity index is 1.94. The van der Waals surface area contributed by atoms with Crippen LogP contribution in [0.25, 0.3) is 22.3 Å². The summed E-state index contributed by atoms with van der Waals surface area (Å²) < 4.78 is 0. The van der Waals surface area contributed by atoms with Crippen LogP contribution < -0.4 is 11.1 Å². The molecule has 0 heterocycles. The largest absolute Gasteiger partial charge is 0.386 e. The Morgan fingerprint density at radius 3 is 2.47 bits per heavy atom. The third-order valence-electron chi connectivity index (χ3n) is 6.09. The zero-order valence-electron chi connectivity index (χ0n) is 18.5. The van der Waals surface area contributed by atoms with Crippen LogP contribution in [0, 0.1) is 6.92 Å². The van der Waals surface area contributed by atoms with Crippen molar-refractivity contribution in [2.75, 3.05) is 5.32 Å². The van der Waals surface area contributed by atoms with E-state index in [0.29, 0.717) is 17.7 Å². The van der Waals surface area contributed by atoms with Gasteiger partial charge in [0.2, 0.25) is 11.8 Å². The van der Waals surface area contributed by atoms with Crippen LogP contribution in [0.2, 0.25) is 0 Å². The topological polar surface area (TPSA) is 92.4 Å². The highest BCUT2D eigenvalue weighted by molar-refractivity contribution is 6.03. The first-order valence-electron chi connectivity index (χ1n) is 10.5. The second-order valence-corrected chi connectivity index (χ2v) is 8.66. The highest BCUT2D eigenvalue weighted by atomic mass is 16.3. The van der Waals surface area contributed by atoms with Crippen LogP contribution in [0.1, 0.15) is 46.5 Å². The number of rotatable bonds is 5. The van der Waals surface area contributed by atoms with E-state index in [-0.39, 0.29) is 5.91 Å². The molecule has 0 aromatic heterocycles. The molecule has 3 aromatic rings. The standard InChI is InChI=1S/C27H26N2O3/c1-5-24(30)29-23-8-6-7-18(15(23)2)20-11-12-21(26(28)31)22-14-16-13-17(27(3,4)32)9-10-19(16)25(20)22/h5-13,32H,1,14H2,2-4H3,(H2,28,31)(H,29,30). The van der Waals surface area contributed by atoms with Crippen LogP contribution in [0.5, 0.6) is 0 Å². The number of nitrogens with two attached hydrogens (primary N) is 1. The summed E-state index contributed by atoms with van der Waals surface area (Å²) >= 11 is 0. The summed E-state index contributed by atoms with van der Waals surface area (Å²) in [5.74, 6) is -0.740. The SMILES string of the molecule is C=CC(=O)Nc1cccc(-c2ccc(C(N)=O)c3c2-c2ccc(C(C)(C)O)cc2C3)c1C. The van der Waals surface area contributed by atoms with Gasteiger partial charge in [-0.1, -0.05) is 43.0 Å². The number of hydrogen-bond acceptors (Lipinski definition) is 3. The first-order chi connectivity index (χ1) is 15.1. The minimum Gasteiger partial charge on any atom is -0.386 e. The molecule has 0 saturated carbocycles. The number of amides is 2. The van der Waals surface area contributed by atoms with E-state index in [1.54, 1.807) is 19.9 Å². The molecule has 0 fully saturated rings. The molecule has 1 aliphatic rings. The van der Waals surface area contributed by atoms with Crippen LogP contribution in [0.3, 0.4) is 0 Å². The molecule has 0 aliphatic heterocycles. The molecular formula is C27H26N2O3. The summed E-state index contributed by atoms with van der Waals surface area (Å²) in [6.07, 6.45) is 1.80. The number of hydrogen-bond donors (Lipinski definition) is 3. The molecule has 0 bridgehead atoms. The minimum absolute atomic E-state index is 0.274. The molecule has 162 valence electrons. The summed E-state index contributed by atoms with van der Waals surface area (Å²) in [7, 11) is 0. The number of carbonyl (C=O) groups is 2. The molecule has 5 nitrogen and oxygen atoms in total. The van der Waals surface area contributed by atoms with Gasteiger partial charge in [-0.15, -0.1) is 0 Å². The molecule has 0 radical (unpaired) electrons. The van der Waals surface area contributed by atoms with Crippen LogP contribution in [-0.2, 0) is 16.8 Å². The minimum atomic E-state index is -0.965. The summed E-state index contributed by atoms with van der Waals surface area (Å²) in [5.41, 5.74) is 13.5. The van der Waals surface area contributed by atoms with Gasteiger partial charge in [0.25, 0.3) is 0 Å². The van der Waals surface area contributed by atoms with Gasteiger partial charge < -0.3 is 16.2 Å². The molecule has 2 amide bonds. The number of fused-ring (bicyclic) bond motifs is 3. The van der Waals surface area contributed by atoms with Crippen molar-refractivity contribution >= 4 is 17.5 Å². The molecular weight excluding hydrogens is 400 g/mol. The van der Waals surface area contributed by atoms with E-state index in [0.717, 1.165) is 44.5 Å². The van der Waals surface area contributed by atoms with E-state index in [1.807, 2.05) is 49.4 Å². The summed E-state index contributed by atoms with van der Waals surface area (Å²) in [6.45, 7) is 8.98. The number of carbonyl (C=O) groups excluding carboxylic acids is 2. The Hall–Kier alpha value is -3.70. The zero-order chi connectivity index (χ0) is 23.2. The maximum atomic E-state index is 12.2. The molecule has 1 aliphatic carbocycles. The lowest BCUT2D eigenvalue weighted by molar-refractivity contribution is -0.111. The third kappa shape index (κ3) is 3.61. The molecule has 3 aromatic carbocycles. The molecule has 0 saturated heterocycles. The number of primary amides is 1. The van der Waals surface area contributed by atoms with Gasteiger partial charge in [0.1, 0.15) is 0 Å². The van der Waals surface area contributed by atoms with Crippen molar-refractivity contribution in [1.29, 1.82) is 0 Å². The Bertz CT molecular complexity index is 1280. The third-order valence-corrected chi connectivity index (χ3v) is 6.09. The van der Waals surface area contributed by atoms with E-state index in [4.69, 9.17) is 5.73 Å². The van der Waals surface area contributed by atoms with Crippen molar-refractivity contribution < 1.29 is 14.7 Å². The molecule has 0 atom stereocenters. The average Bonchev–Trinajstić information content (AvgIpc) is 3.12. The summed E-state index contributed by atoms with van der Waals surface area (Å²) in [5, 5.41) is 13.3. The summed E-state index contributed by atoms with van der Waals surface area (Å²) in [4.78, 5) is 24.1. The van der Waals surface area contributed by atoms with Crippen LogP contribution >= 0.6 is 0 Å². The maximum absolute atomic E-state index is 12.2. The van der Waals surface area contributed by atoms with Gasteiger partial charge in [-0.05, 0) is 89.9 Å². The van der Waals surface area contributed by atoms with Crippen molar-refractivity contribution in [2.45, 2.75) is 32.8 Å². The molecule has 4 N–H and O–H groups in total. The first kappa shape index (κ1) is 21.5. The lowest BCUT2D eigenvalue weighted by Gasteiger charge is -2.19. The van der Waals surface area contributed by atoms with Crippen molar-refractivity contribution in [3.05, 3.63) is 89.0 Å². The molecule has 0 unspecified atom stereocenters. The van der Waals surface area contributed by atoms with E-state index in [2.05, 4.69) is 11.9 Å². The zero-order valence-corrected chi connectivity index (χ0v) is 18.5. The Kier molecular flexibility index (Phi) is 5.23. The molecule has 32 heavy (non-hydrogen) atoms. The number of nitrogens with one attached hydrogen (secondary N) is 1. The highest BCUT2D eigenvalue weighted by Gasteiger charge is 2.28. The molecule has 5 heteroatoms. The van der Waals surface area contributed by atoms with Crippen molar-refractivity contribution in [3.8, 4) is 22.3 Å². The van der Waals surface area contributed by atoms with E-state index >= 15 is 0 Å². The van der Waals surface area contributed by atoms with Gasteiger partial charge in [-0.3, -0.25) is 9.59 Å². The monoisotopic (exact) mass is 426 g/mol. The smallest absolute Gasteiger partial charge is 0.249 e. The van der Waals surface area contributed by atoms with Crippen LogP contribution in [0.4, 0.5) is 5.69 Å². The van der Waals surface area contributed by atoms with Crippen molar-refractivity contribution in [3.63, 3.8) is 0 Å². The second-order valence-electron chi connectivity index (χ2n) is 8.66. The fourth-order valence-electron chi connectivity index (χ4n) is 4.40. The van der Waals surface area contributed by atoms with Crippen molar-refractivity contribution in [2.24, 2.45) is 5.73 Å². The lowest BCUT2D eigenvalue weighted by Crippen LogP contribution is -2.15. The lowest BCUT2D eigenvalue weighted by atomic mass is 9.88. The van der Waals surface area contributed by atoms with Gasteiger partial charge >= 0.3 is 0 Å². The Labute approximate surface area is 187 Å². The number of benzene rings is 3. The maximum Gasteiger partial charge on any atom is 0.249 e. The average molecular weight is 427 g/mol. The van der Waals surface area contributed by atoms with Crippen LogP contribution in [0.15, 0.2) is 61.2 Å². The van der Waals surface area contributed by atoms with Crippen molar-refractivity contribution in [1.82, 2.24) is 0 Å². The fraction of sp³-hybridized carbons (Fsp3) is 0.185. The predicted octanol–water partition coefficient (Wildman–Crippen LogP) is 4.68. The Morgan fingerprint density at radius 2 is 1.81 bits per heavy atom. The van der Waals surface area contributed by atoms with Gasteiger partial charge in [-0.25, -0.2) is 0 Å².